The van der Waals surface area contributed by atoms with Crippen LogP contribution in [0.3, 0.4) is 0 Å². The Morgan fingerprint density at radius 2 is 1.84 bits per heavy atom. The maximum Gasteiger partial charge on any atom is 0.317 e. The number of fused-ring (bicyclic) bond motifs is 1. The van der Waals surface area contributed by atoms with Crippen molar-refractivity contribution < 1.29 is 18.7 Å². The van der Waals surface area contributed by atoms with Gasteiger partial charge in [0.1, 0.15) is 19.0 Å². The van der Waals surface area contributed by atoms with E-state index in [9.17, 15) is 4.79 Å². The van der Waals surface area contributed by atoms with Crippen molar-refractivity contribution in [1.29, 1.82) is 0 Å². The van der Waals surface area contributed by atoms with Crippen molar-refractivity contribution in [2.75, 3.05) is 44.3 Å². The summed E-state index contributed by atoms with van der Waals surface area (Å²) >= 11 is 0. The van der Waals surface area contributed by atoms with Crippen LogP contribution in [0.25, 0.3) is 0 Å². The first-order chi connectivity index (χ1) is 12.3. The third-order valence-corrected chi connectivity index (χ3v) is 4.45. The molecule has 4 rings (SSSR count). The largest absolute Gasteiger partial charge is 0.486 e. The van der Waals surface area contributed by atoms with E-state index in [1.54, 1.807) is 6.26 Å². The lowest BCUT2D eigenvalue weighted by Gasteiger charge is -2.36. The molecule has 0 atom stereocenters. The number of carbonyl (C=O) groups is 1. The summed E-state index contributed by atoms with van der Waals surface area (Å²) in [6, 6.07) is 9.61. The van der Waals surface area contributed by atoms with Gasteiger partial charge in [0.25, 0.3) is 0 Å². The lowest BCUT2D eigenvalue weighted by atomic mass is 10.2. The monoisotopic (exact) mass is 343 g/mol. The lowest BCUT2D eigenvalue weighted by Crippen LogP contribution is -2.51. The third kappa shape index (κ3) is 3.50. The summed E-state index contributed by atoms with van der Waals surface area (Å²) in [5, 5.41) is 2.89. The van der Waals surface area contributed by atoms with Crippen molar-refractivity contribution >= 4 is 11.7 Å². The Balaban J connectivity index is 1.31. The van der Waals surface area contributed by atoms with Gasteiger partial charge < -0.3 is 29.0 Å². The minimum absolute atomic E-state index is 0.0572. The zero-order chi connectivity index (χ0) is 17.1. The second kappa shape index (κ2) is 6.96. The zero-order valence-electron chi connectivity index (χ0n) is 13.9. The second-order valence-electron chi connectivity index (χ2n) is 6.04. The molecule has 2 amide bonds. The average molecular weight is 343 g/mol. The molecule has 0 radical (unpaired) electrons. The van der Waals surface area contributed by atoms with E-state index in [-0.39, 0.29) is 6.03 Å². The molecule has 1 aromatic carbocycles. The fourth-order valence-electron chi connectivity index (χ4n) is 3.08. The molecule has 7 heteroatoms. The number of anilines is 1. The summed E-state index contributed by atoms with van der Waals surface area (Å²) in [5.41, 5.74) is 1.10. The van der Waals surface area contributed by atoms with E-state index in [0.29, 0.717) is 32.8 Å². The first-order valence-corrected chi connectivity index (χ1v) is 8.49. The molecule has 1 aromatic heterocycles. The van der Waals surface area contributed by atoms with Gasteiger partial charge in [-0.3, -0.25) is 0 Å². The Morgan fingerprint density at radius 1 is 1.04 bits per heavy atom. The van der Waals surface area contributed by atoms with Crippen LogP contribution in [-0.2, 0) is 6.54 Å². The SMILES string of the molecule is O=C(NCc1ccco1)N1CCN(c2ccc3c(c2)OCCO3)CC1. The highest BCUT2D eigenvalue weighted by Crippen LogP contribution is 2.34. The molecule has 0 bridgehead atoms. The molecule has 7 nitrogen and oxygen atoms in total. The van der Waals surface area contributed by atoms with Crippen LogP contribution in [0, 0.1) is 0 Å². The zero-order valence-corrected chi connectivity index (χ0v) is 13.9. The van der Waals surface area contributed by atoms with Crippen LogP contribution in [0.1, 0.15) is 5.76 Å². The normalized spacial score (nSPS) is 16.6. The number of hydrogen-bond donors (Lipinski definition) is 1. The van der Waals surface area contributed by atoms with Gasteiger partial charge >= 0.3 is 6.03 Å². The van der Waals surface area contributed by atoms with Gasteiger partial charge in [-0.2, -0.15) is 0 Å². The Hall–Kier alpha value is -2.83. The molecule has 1 fully saturated rings. The standard InChI is InChI=1S/C18H21N3O4/c22-18(19-13-15-2-1-9-23-15)21-7-5-20(6-8-21)14-3-4-16-17(12-14)25-11-10-24-16/h1-4,9,12H,5-8,10-11,13H2,(H,19,22). The summed E-state index contributed by atoms with van der Waals surface area (Å²) in [6.45, 7) is 4.52. The first-order valence-electron chi connectivity index (χ1n) is 8.49. The first kappa shape index (κ1) is 15.7. The number of benzene rings is 1. The average Bonchev–Trinajstić information content (AvgIpc) is 3.19. The smallest absolute Gasteiger partial charge is 0.317 e. The van der Waals surface area contributed by atoms with E-state index in [0.717, 1.165) is 36.0 Å². The van der Waals surface area contributed by atoms with Crippen molar-refractivity contribution in [3.63, 3.8) is 0 Å². The number of rotatable bonds is 3. The topological polar surface area (TPSA) is 67.2 Å². The molecule has 2 aromatic rings. The summed E-state index contributed by atoms with van der Waals surface area (Å²) in [7, 11) is 0. The van der Waals surface area contributed by atoms with E-state index < -0.39 is 0 Å². The number of nitrogens with zero attached hydrogens (tertiary/aromatic N) is 2. The predicted molar refractivity (Wildman–Crippen MR) is 92.2 cm³/mol. The highest BCUT2D eigenvalue weighted by Gasteiger charge is 2.22. The molecule has 0 unspecified atom stereocenters. The quantitative estimate of drug-likeness (QED) is 0.924. The molecule has 3 heterocycles. The van der Waals surface area contributed by atoms with E-state index in [1.165, 1.54) is 0 Å². The third-order valence-electron chi connectivity index (χ3n) is 4.45. The van der Waals surface area contributed by atoms with Crippen LogP contribution in [0.4, 0.5) is 10.5 Å². The number of carbonyl (C=O) groups excluding carboxylic acids is 1. The molecule has 25 heavy (non-hydrogen) atoms. The molecule has 2 aliphatic heterocycles. The predicted octanol–water partition coefficient (Wildman–Crippen LogP) is 2.08. The highest BCUT2D eigenvalue weighted by atomic mass is 16.6. The number of urea groups is 1. The molecule has 0 saturated carbocycles. The van der Waals surface area contributed by atoms with E-state index in [4.69, 9.17) is 13.9 Å². The Bertz CT molecular complexity index is 724. The van der Waals surface area contributed by atoms with E-state index in [2.05, 4.69) is 10.2 Å². The van der Waals surface area contributed by atoms with Crippen LogP contribution in [0.5, 0.6) is 11.5 Å². The van der Waals surface area contributed by atoms with Gasteiger partial charge in [-0.15, -0.1) is 0 Å². The maximum atomic E-state index is 12.2. The van der Waals surface area contributed by atoms with Crippen LogP contribution < -0.4 is 19.7 Å². The van der Waals surface area contributed by atoms with Crippen molar-refractivity contribution in [2.45, 2.75) is 6.54 Å². The molecule has 2 aliphatic rings. The van der Waals surface area contributed by atoms with E-state index in [1.807, 2.05) is 35.2 Å². The maximum absolute atomic E-state index is 12.2. The minimum Gasteiger partial charge on any atom is -0.486 e. The highest BCUT2D eigenvalue weighted by molar-refractivity contribution is 5.74. The number of nitrogens with one attached hydrogen (secondary N) is 1. The Labute approximate surface area is 146 Å². The minimum atomic E-state index is -0.0572. The Morgan fingerprint density at radius 3 is 2.60 bits per heavy atom. The summed E-state index contributed by atoms with van der Waals surface area (Å²) in [5.74, 6) is 2.34. The van der Waals surface area contributed by atoms with Crippen LogP contribution in [0.2, 0.25) is 0 Å². The van der Waals surface area contributed by atoms with Crippen LogP contribution >= 0.6 is 0 Å². The van der Waals surface area contributed by atoms with Gasteiger partial charge in [-0.05, 0) is 24.3 Å². The van der Waals surface area contributed by atoms with Gasteiger partial charge in [-0.25, -0.2) is 4.79 Å². The second-order valence-corrected chi connectivity index (χ2v) is 6.04. The van der Waals surface area contributed by atoms with Crippen molar-refractivity contribution in [3.05, 3.63) is 42.4 Å². The van der Waals surface area contributed by atoms with Gasteiger partial charge in [0.05, 0.1) is 12.8 Å². The fraction of sp³-hybridized carbons (Fsp3) is 0.389. The number of amides is 2. The molecular formula is C18H21N3O4. The molecule has 132 valence electrons. The van der Waals surface area contributed by atoms with Crippen LogP contribution in [0.15, 0.2) is 41.0 Å². The van der Waals surface area contributed by atoms with Gasteiger partial charge in [0.15, 0.2) is 11.5 Å². The summed E-state index contributed by atoms with van der Waals surface area (Å²) in [6.07, 6.45) is 1.60. The van der Waals surface area contributed by atoms with Gasteiger partial charge in [-0.1, -0.05) is 0 Å². The van der Waals surface area contributed by atoms with Gasteiger partial charge in [0.2, 0.25) is 0 Å². The number of furan rings is 1. The fourth-order valence-corrected chi connectivity index (χ4v) is 3.08. The van der Waals surface area contributed by atoms with Crippen LogP contribution in [-0.4, -0.2) is 50.3 Å². The van der Waals surface area contributed by atoms with Crippen molar-refractivity contribution in [3.8, 4) is 11.5 Å². The molecule has 0 spiro atoms. The summed E-state index contributed by atoms with van der Waals surface area (Å²) in [4.78, 5) is 16.3. The Kier molecular flexibility index (Phi) is 4.37. The van der Waals surface area contributed by atoms with Gasteiger partial charge in [0, 0.05) is 37.9 Å². The molecule has 1 saturated heterocycles. The summed E-state index contributed by atoms with van der Waals surface area (Å²) < 4.78 is 16.4. The van der Waals surface area contributed by atoms with Crippen molar-refractivity contribution in [1.82, 2.24) is 10.2 Å². The number of piperazine rings is 1. The molecule has 0 aliphatic carbocycles. The van der Waals surface area contributed by atoms with E-state index >= 15 is 0 Å². The van der Waals surface area contributed by atoms with Crippen molar-refractivity contribution in [2.24, 2.45) is 0 Å². The number of ether oxygens (including phenoxy) is 2. The molecule has 1 N–H and O–H groups in total. The molecular weight excluding hydrogens is 322 g/mol. The number of hydrogen-bond acceptors (Lipinski definition) is 5. The lowest BCUT2D eigenvalue weighted by molar-refractivity contribution is 0.171.